The first-order valence-corrected chi connectivity index (χ1v) is 10.6. The molecule has 0 amide bonds. The molecule has 1 aliphatic carbocycles. The lowest BCUT2D eigenvalue weighted by atomic mass is 9.94. The Hall–Kier alpha value is -0.940. The summed E-state index contributed by atoms with van der Waals surface area (Å²) in [7, 11) is -3.97. The first kappa shape index (κ1) is 18.8. The lowest BCUT2D eigenvalue weighted by Gasteiger charge is -2.32. The number of hydrogen-bond acceptors (Lipinski definition) is 5. The number of anilines is 1. The van der Waals surface area contributed by atoms with Gasteiger partial charge in [-0.1, -0.05) is 15.9 Å². The molecular weight excluding hydrogens is 482 g/mol. The van der Waals surface area contributed by atoms with Crippen molar-refractivity contribution in [2.45, 2.75) is 23.9 Å². The van der Waals surface area contributed by atoms with Crippen LogP contribution in [0.1, 0.15) is 12.8 Å². The van der Waals surface area contributed by atoms with Crippen molar-refractivity contribution in [2.24, 2.45) is 0 Å². The van der Waals surface area contributed by atoms with E-state index in [2.05, 4.69) is 36.6 Å². The first-order valence-electron chi connectivity index (χ1n) is 7.43. The Bertz CT molecular complexity index is 832. The molecule has 7 nitrogen and oxygen atoms in total. The fourth-order valence-electron chi connectivity index (χ4n) is 2.91. The van der Waals surface area contributed by atoms with E-state index >= 15 is 0 Å². The van der Waals surface area contributed by atoms with Crippen LogP contribution in [0.5, 0.6) is 0 Å². The standard InChI is InChI=1S/C15H15Br2NO6S/c16-9-1-2-12(11(17)7-9)18-25(21,22)13-3-4-15(23-5-6-24-15)8-10(13)14(19)20/h1-2,7-8,13,18H,3-6H2,(H,19,20). The summed E-state index contributed by atoms with van der Waals surface area (Å²) in [5.41, 5.74) is 0.0930. The topological polar surface area (TPSA) is 102 Å². The van der Waals surface area contributed by atoms with Gasteiger partial charge in [0.1, 0.15) is 5.25 Å². The third-order valence-corrected chi connectivity index (χ3v) is 6.95. The fraction of sp³-hybridized carbons (Fsp3) is 0.400. The van der Waals surface area contributed by atoms with Gasteiger partial charge in [-0.05, 0) is 46.6 Å². The van der Waals surface area contributed by atoms with Crippen LogP contribution in [0.25, 0.3) is 0 Å². The second-order valence-electron chi connectivity index (χ2n) is 5.71. The molecule has 1 atom stereocenters. The number of carboxylic acid groups (broad SMARTS) is 1. The van der Waals surface area contributed by atoms with Crippen LogP contribution < -0.4 is 4.72 Å². The maximum atomic E-state index is 12.8. The smallest absolute Gasteiger partial charge is 0.332 e. The molecule has 1 aromatic carbocycles. The Balaban J connectivity index is 1.92. The monoisotopic (exact) mass is 495 g/mol. The van der Waals surface area contributed by atoms with Gasteiger partial charge in [-0.2, -0.15) is 0 Å². The minimum absolute atomic E-state index is 0.0849. The summed E-state index contributed by atoms with van der Waals surface area (Å²) in [4.78, 5) is 11.6. The van der Waals surface area contributed by atoms with E-state index in [0.29, 0.717) is 23.4 Å². The minimum Gasteiger partial charge on any atom is -0.478 e. The van der Waals surface area contributed by atoms with Gasteiger partial charge >= 0.3 is 5.97 Å². The van der Waals surface area contributed by atoms with Gasteiger partial charge in [0, 0.05) is 15.4 Å². The second-order valence-corrected chi connectivity index (χ2v) is 9.35. The maximum absolute atomic E-state index is 12.8. The van der Waals surface area contributed by atoms with E-state index in [-0.39, 0.29) is 18.4 Å². The van der Waals surface area contributed by atoms with Crippen molar-refractivity contribution in [1.29, 1.82) is 0 Å². The van der Waals surface area contributed by atoms with Crippen molar-refractivity contribution in [3.63, 3.8) is 0 Å². The number of nitrogens with one attached hydrogen (secondary N) is 1. The van der Waals surface area contributed by atoms with Gasteiger partial charge in [0.15, 0.2) is 5.79 Å². The molecule has 1 saturated heterocycles. The van der Waals surface area contributed by atoms with E-state index in [4.69, 9.17) is 9.47 Å². The van der Waals surface area contributed by atoms with Crippen LogP contribution in [-0.4, -0.2) is 43.7 Å². The molecule has 0 saturated carbocycles. The van der Waals surface area contributed by atoms with E-state index in [0.717, 1.165) is 4.47 Å². The predicted molar refractivity (Wildman–Crippen MR) is 97.8 cm³/mol. The number of carbonyl (C=O) groups is 1. The van der Waals surface area contributed by atoms with Gasteiger partial charge in [0.2, 0.25) is 10.0 Å². The van der Waals surface area contributed by atoms with Crippen molar-refractivity contribution in [1.82, 2.24) is 0 Å². The number of aliphatic carboxylic acids is 1. The van der Waals surface area contributed by atoms with Gasteiger partial charge in [-0.3, -0.25) is 4.72 Å². The molecule has 10 heteroatoms. The van der Waals surface area contributed by atoms with Crippen LogP contribution in [0.4, 0.5) is 5.69 Å². The largest absolute Gasteiger partial charge is 0.478 e. The third-order valence-electron chi connectivity index (χ3n) is 4.06. The van der Waals surface area contributed by atoms with Crippen molar-refractivity contribution in [3.05, 3.63) is 38.8 Å². The molecule has 1 heterocycles. The predicted octanol–water partition coefficient (Wildman–Crippen LogP) is 2.87. The molecule has 136 valence electrons. The van der Waals surface area contributed by atoms with Crippen LogP contribution in [0.15, 0.2) is 38.8 Å². The number of hydrogen-bond donors (Lipinski definition) is 2. The molecule has 0 bridgehead atoms. The first-order chi connectivity index (χ1) is 11.7. The van der Waals surface area contributed by atoms with E-state index in [9.17, 15) is 18.3 Å². The molecule has 3 rings (SSSR count). The molecular formula is C15H15Br2NO6S. The van der Waals surface area contributed by atoms with Gasteiger partial charge in [0.25, 0.3) is 0 Å². The number of sulfonamides is 1. The summed E-state index contributed by atoms with van der Waals surface area (Å²) in [6.45, 7) is 0.704. The highest BCUT2D eigenvalue weighted by atomic mass is 79.9. The molecule has 1 aliphatic heterocycles. The van der Waals surface area contributed by atoms with E-state index in [1.165, 1.54) is 6.08 Å². The van der Waals surface area contributed by atoms with Crippen molar-refractivity contribution < 1.29 is 27.8 Å². The zero-order chi connectivity index (χ0) is 18.2. The molecule has 2 aliphatic rings. The number of carboxylic acids is 1. The molecule has 0 radical (unpaired) electrons. The minimum atomic E-state index is -3.97. The Morgan fingerprint density at radius 3 is 2.56 bits per heavy atom. The van der Waals surface area contributed by atoms with Crippen molar-refractivity contribution in [3.8, 4) is 0 Å². The van der Waals surface area contributed by atoms with Crippen molar-refractivity contribution >= 4 is 53.5 Å². The van der Waals surface area contributed by atoms with E-state index in [1.54, 1.807) is 18.2 Å². The Morgan fingerprint density at radius 2 is 1.96 bits per heavy atom. The van der Waals surface area contributed by atoms with Gasteiger partial charge < -0.3 is 14.6 Å². The average molecular weight is 497 g/mol. The highest BCUT2D eigenvalue weighted by Gasteiger charge is 2.45. The van der Waals surface area contributed by atoms with Crippen LogP contribution in [0.3, 0.4) is 0 Å². The number of benzene rings is 1. The molecule has 2 N–H and O–H groups in total. The van der Waals surface area contributed by atoms with E-state index < -0.39 is 27.0 Å². The maximum Gasteiger partial charge on any atom is 0.332 e. The zero-order valence-corrected chi connectivity index (χ0v) is 16.9. The summed E-state index contributed by atoms with van der Waals surface area (Å²) in [5.74, 6) is -2.43. The zero-order valence-electron chi connectivity index (χ0n) is 12.9. The van der Waals surface area contributed by atoms with Gasteiger partial charge in [-0.15, -0.1) is 0 Å². The SMILES string of the molecule is O=C(O)C1=CC2(CCC1S(=O)(=O)Nc1ccc(Br)cc1Br)OCCO2. The quantitative estimate of drug-likeness (QED) is 0.664. The van der Waals surface area contributed by atoms with Crippen LogP contribution >= 0.6 is 31.9 Å². The average Bonchev–Trinajstić information content (AvgIpc) is 2.97. The Labute approximate surface area is 161 Å². The molecule has 1 spiro atoms. The summed E-state index contributed by atoms with van der Waals surface area (Å²) < 4.78 is 40.3. The molecule has 1 unspecified atom stereocenters. The summed E-state index contributed by atoms with van der Waals surface area (Å²) in [6.07, 6.45) is 1.64. The van der Waals surface area contributed by atoms with Crippen LogP contribution in [0, 0.1) is 0 Å². The normalized spacial score (nSPS) is 22.6. The highest BCUT2D eigenvalue weighted by Crippen LogP contribution is 2.38. The number of halogens is 2. The molecule has 1 fully saturated rings. The summed E-state index contributed by atoms with van der Waals surface area (Å²) in [5, 5.41) is 8.29. The van der Waals surface area contributed by atoms with Gasteiger partial charge in [-0.25, -0.2) is 13.2 Å². The third kappa shape index (κ3) is 3.92. The van der Waals surface area contributed by atoms with Crippen molar-refractivity contribution in [2.75, 3.05) is 17.9 Å². The number of ether oxygens (including phenoxy) is 2. The molecule has 0 aromatic heterocycles. The Morgan fingerprint density at radius 1 is 1.28 bits per heavy atom. The summed E-state index contributed by atoms with van der Waals surface area (Å²) >= 11 is 6.58. The number of rotatable bonds is 4. The van der Waals surface area contributed by atoms with Crippen LogP contribution in [0.2, 0.25) is 0 Å². The Kier molecular flexibility index (Phi) is 5.27. The van der Waals surface area contributed by atoms with E-state index in [1.807, 2.05) is 0 Å². The lowest BCUT2D eigenvalue weighted by molar-refractivity contribution is -0.138. The fourth-order valence-corrected chi connectivity index (χ4v) is 5.74. The second kappa shape index (κ2) is 6.99. The molecule has 25 heavy (non-hydrogen) atoms. The molecule has 1 aromatic rings. The van der Waals surface area contributed by atoms with Gasteiger partial charge in [0.05, 0.1) is 24.5 Å². The highest BCUT2D eigenvalue weighted by molar-refractivity contribution is 9.11. The lowest BCUT2D eigenvalue weighted by Crippen LogP contribution is -2.41. The van der Waals surface area contributed by atoms with Crippen LogP contribution in [-0.2, 0) is 24.3 Å². The summed E-state index contributed by atoms with van der Waals surface area (Å²) in [6, 6.07) is 4.97.